The third-order valence-electron chi connectivity index (χ3n) is 5.07. The molecule has 2 aromatic carbocycles. The van der Waals surface area contributed by atoms with E-state index in [1.54, 1.807) is 10.9 Å². The quantitative estimate of drug-likeness (QED) is 0.475. The highest BCUT2D eigenvalue weighted by Crippen LogP contribution is 2.34. The second-order valence-electron chi connectivity index (χ2n) is 7.24. The molecule has 1 aromatic heterocycles. The van der Waals surface area contributed by atoms with E-state index in [4.69, 9.17) is 5.73 Å². The van der Waals surface area contributed by atoms with Crippen LogP contribution in [0.2, 0.25) is 0 Å². The molecule has 0 bridgehead atoms. The van der Waals surface area contributed by atoms with E-state index < -0.39 is 11.8 Å². The number of nitrogens with zero attached hydrogens (tertiary/aromatic N) is 3. The minimum absolute atomic E-state index is 0.0211. The molecule has 4 N–H and O–H groups in total. The molecule has 0 atom stereocenters. The average molecular weight is 473 g/mol. The third-order valence-corrected chi connectivity index (χ3v) is 5.65. The van der Waals surface area contributed by atoms with Crippen molar-refractivity contribution in [2.45, 2.75) is 12.8 Å². The number of hydrogen-bond donors (Lipinski definition) is 3. The van der Waals surface area contributed by atoms with Gasteiger partial charge in [0.25, 0.3) is 0 Å². The van der Waals surface area contributed by atoms with Gasteiger partial charge in [-0.1, -0.05) is 0 Å². The van der Waals surface area contributed by atoms with E-state index >= 15 is 0 Å². The monoisotopic (exact) mass is 472 g/mol. The second kappa shape index (κ2) is 8.35. The van der Waals surface area contributed by atoms with Gasteiger partial charge < -0.3 is 21.3 Å². The molecule has 3 aromatic rings. The number of carbonyl (C=O) groups is 1. The number of anilines is 4. The molecular formula is C21H22BrFN6O. The summed E-state index contributed by atoms with van der Waals surface area (Å²) >= 11 is 3.56. The topological polar surface area (TPSA) is 88.2 Å². The minimum atomic E-state index is -0.523. The molecule has 156 valence electrons. The molecule has 0 saturated carbocycles. The lowest BCUT2D eigenvalue weighted by Gasteiger charge is -2.20. The molecule has 7 nitrogen and oxygen atoms in total. The van der Waals surface area contributed by atoms with Crippen LogP contribution in [0.1, 0.15) is 12.8 Å². The molecule has 2 amide bonds. The third kappa shape index (κ3) is 4.25. The van der Waals surface area contributed by atoms with Crippen molar-refractivity contribution in [3.8, 4) is 11.3 Å². The number of nitrogens with two attached hydrogens (primary N) is 1. The Kier molecular flexibility index (Phi) is 5.63. The predicted octanol–water partition coefficient (Wildman–Crippen LogP) is 4.82. The number of aromatic nitrogens is 2. The number of benzene rings is 2. The van der Waals surface area contributed by atoms with Gasteiger partial charge in [0.1, 0.15) is 5.82 Å². The van der Waals surface area contributed by atoms with E-state index in [0.717, 1.165) is 47.3 Å². The summed E-state index contributed by atoms with van der Waals surface area (Å²) in [5.74, 6) is -0.523. The van der Waals surface area contributed by atoms with E-state index in [1.165, 1.54) is 18.2 Å². The van der Waals surface area contributed by atoms with Gasteiger partial charge in [0.2, 0.25) is 0 Å². The molecule has 0 aliphatic carbocycles. The fourth-order valence-corrected chi connectivity index (χ4v) is 4.21. The van der Waals surface area contributed by atoms with Crippen molar-refractivity contribution in [2.24, 2.45) is 7.05 Å². The van der Waals surface area contributed by atoms with Crippen molar-refractivity contribution < 1.29 is 9.18 Å². The Bertz CT molecular complexity index is 1070. The molecule has 4 rings (SSSR count). The largest absolute Gasteiger partial charge is 0.396 e. The van der Waals surface area contributed by atoms with Gasteiger partial charge in [-0.3, -0.25) is 4.68 Å². The van der Waals surface area contributed by atoms with Crippen LogP contribution in [0.3, 0.4) is 0 Å². The first-order chi connectivity index (χ1) is 14.4. The molecular weight excluding hydrogens is 451 g/mol. The van der Waals surface area contributed by atoms with Gasteiger partial charge in [0, 0.05) is 42.8 Å². The van der Waals surface area contributed by atoms with Crippen molar-refractivity contribution in [1.29, 1.82) is 0 Å². The first-order valence-electron chi connectivity index (χ1n) is 9.61. The SMILES string of the molecule is Cn1ncc(Br)c1-c1cc(NC(=O)Nc2ccc(F)c(N)c2)cc(N2CCCC2)c1. The number of carbonyl (C=O) groups excluding carboxylic acids is 1. The molecule has 1 aliphatic heterocycles. The van der Waals surface area contributed by atoms with Crippen LogP contribution in [0, 0.1) is 5.82 Å². The van der Waals surface area contributed by atoms with E-state index in [9.17, 15) is 9.18 Å². The molecule has 0 unspecified atom stereocenters. The summed E-state index contributed by atoms with van der Waals surface area (Å²) in [6.45, 7) is 1.97. The number of amides is 2. The minimum Gasteiger partial charge on any atom is -0.396 e. The fourth-order valence-electron chi connectivity index (χ4n) is 3.63. The highest BCUT2D eigenvalue weighted by molar-refractivity contribution is 9.10. The maximum Gasteiger partial charge on any atom is 0.323 e. The smallest absolute Gasteiger partial charge is 0.323 e. The van der Waals surface area contributed by atoms with Crippen molar-refractivity contribution >= 4 is 44.7 Å². The highest BCUT2D eigenvalue weighted by Gasteiger charge is 2.17. The van der Waals surface area contributed by atoms with Crippen LogP contribution in [0.4, 0.5) is 31.9 Å². The predicted molar refractivity (Wildman–Crippen MR) is 121 cm³/mol. The summed E-state index contributed by atoms with van der Waals surface area (Å²) in [5, 5.41) is 9.86. The molecule has 1 fully saturated rings. The van der Waals surface area contributed by atoms with Crippen LogP contribution in [0.15, 0.2) is 47.1 Å². The second-order valence-corrected chi connectivity index (χ2v) is 8.10. The van der Waals surface area contributed by atoms with E-state index in [-0.39, 0.29) is 5.69 Å². The summed E-state index contributed by atoms with van der Waals surface area (Å²) in [6.07, 6.45) is 4.04. The van der Waals surface area contributed by atoms with E-state index in [0.29, 0.717) is 11.4 Å². The van der Waals surface area contributed by atoms with Gasteiger partial charge in [-0.2, -0.15) is 5.10 Å². The van der Waals surface area contributed by atoms with Crippen LogP contribution in [0.5, 0.6) is 0 Å². The maximum atomic E-state index is 13.4. The van der Waals surface area contributed by atoms with Crippen LogP contribution in [-0.2, 0) is 7.05 Å². The van der Waals surface area contributed by atoms with Gasteiger partial charge in [-0.05, 0) is 65.2 Å². The lowest BCUT2D eigenvalue weighted by Crippen LogP contribution is -2.21. The normalized spacial score (nSPS) is 13.5. The lowest BCUT2D eigenvalue weighted by atomic mass is 10.1. The zero-order valence-corrected chi connectivity index (χ0v) is 18.0. The van der Waals surface area contributed by atoms with Crippen molar-refractivity contribution in [3.05, 3.63) is 52.9 Å². The number of nitrogens with one attached hydrogen (secondary N) is 2. The summed E-state index contributed by atoms with van der Waals surface area (Å²) in [7, 11) is 1.88. The van der Waals surface area contributed by atoms with Crippen molar-refractivity contribution in [3.63, 3.8) is 0 Å². The van der Waals surface area contributed by atoms with Crippen LogP contribution in [-0.4, -0.2) is 28.9 Å². The Hall–Kier alpha value is -3.07. The highest BCUT2D eigenvalue weighted by atomic mass is 79.9. The molecule has 1 saturated heterocycles. The summed E-state index contributed by atoms with van der Waals surface area (Å²) in [4.78, 5) is 14.8. The fraction of sp³-hybridized carbons (Fsp3) is 0.238. The van der Waals surface area contributed by atoms with E-state index in [1.807, 2.05) is 19.2 Å². The van der Waals surface area contributed by atoms with Crippen LogP contribution < -0.4 is 21.3 Å². The Morgan fingerprint density at radius 3 is 2.53 bits per heavy atom. The number of nitrogen functional groups attached to an aromatic ring is 1. The molecule has 2 heterocycles. The van der Waals surface area contributed by atoms with Gasteiger partial charge in [0.15, 0.2) is 0 Å². The molecule has 0 radical (unpaired) electrons. The number of halogens is 2. The van der Waals surface area contributed by atoms with Crippen molar-refractivity contribution in [1.82, 2.24) is 9.78 Å². The zero-order valence-electron chi connectivity index (χ0n) is 16.5. The Labute approximate surface area is 182 Å². The molecule has 9 heteroatoms. The molecule has 0 spiro atoms. The van der Waals surface area contributed by atoms with Gasteiger partial charge in [0.05, 0.1) is 22.1 Å². The number of hydrogen-bond acceptors (Lipinski definition) is 4. The van der Waals surface area contributed by atoms with Crippen molar-refractivity contribution in [2.75, 3.05) is 34.4 Å². The first kappa shape index (κ1) is 20.2. The van der Waals surface area contributed by atoms with Crippen LogP contribution in [0.25, 0.3) is 11.3 Å². The standard InChI is InChI=1S/C21H22BrFN6O/c1-28-20(17(22)12-25-28)13-8-15(10-16(9-13)29-6-2-3-7-29)27-21(30)26-14-4-5-18(23)19(24)11-14/h4-5,8-12H,2-3,6-7,24H2,1H3,(H2,26,27,30). The molecule has 30 heavy (non-hydrogen) atoms. The van der Waals surface area contributed by atoms with Gasteiger partial charge >= 0.3 is 6.03 Å². The first-order valence-corrected chi connectivity index (χ1v) is 10.4. The van der Waals surface area contributed by atoms with Gasteiger partial charge in [-0.15, -0.1) is 0 Å². The Balaban J connectivity index is 1.62. The van der Waals surface area contributed by atoms with Crippen LogP contribution >= 0.6 is 15.9 Å². The number of urea groups is 1. The molecule has 1 aliphatic rings. The summed E-state index contributed by atoms with van der Waals surface area (Å²) in [5.41, 5.74) is 9.52. The lowest BCUT2D eigenvalue weighted by molar-refractivity contribution is 0.262. The van der Waals surface area contributed by atoms with E-state index in [2.05, 4.69) is 42.6 Å². The summed E-state index contributed by atoms with van der Waals surface area (Å²) < 4.78 is 16.0. The van der Waals surface area contributed by atoms with Gasteiger partial charge in [-0.25, -0.2) is 9.18 Å². The maximum absolute atomic E-state index is 13.4. The Morgan fingerprint density at radius 1 is 1.13 bits per heavy atom. The average Bonchev–Trinajstić information content (AvgIpc) is 3.34. The number of aryl methyl sites for hydroxylation is 1. The Morgan fingerprint density at radius 2 is 1.87 bits per heavy atom. The summed E-state index contributed by atoms with van der Waals surface area (Å²) in [6, 6.07) is 9.60. The zero-order chi connectivity index (χ0) is 21.3. The number of rotatable bonds is 4.